The molecule has 0 aromatic heterocycles. The van der Waals surface area contributed by atoms with Gasteiger partial charge >= 0.3 is 11.9 Å². The second kappa shape index (κ2) is 5.30. The maximum atomic E-state index is 11.5. The molecule has 102 valence electrons. The van der Waals surface area contributed by atoms with Crippen molar-refractivity contribution in [1.82, 2.24) is 0 Å². The van der Waals surface area contributed by atoms with E-state index in [4.69, 9.17) is 5.11 Å². The number of benzene rings is 1. The topological polar surface area (TPSA) is 66.8 Å². The van der Waals surface area contributed by atoms with Crippen molar-refractivity contribution in [3.63, 3.8) is 0 Å². The first-order valence-corrected chi connectivity index (χ1v) is 6.22. The highest BCUT2D eigenvalue weighted by molar-refractivity contribution is 5.90. The van der Waals surface area contributed by atoms with Crippen LogP contribution in [0.2, 0.25) is 0 Å². The molecule has 0 spiro atoms. The van der Waals surface area contributed by atoms with Gasteiger partial charge in [-0.15, -0.1) is 0 Å². The van der Waals surface area contributed by atoms with E-state index in [2.05, 4.69) is 4.74 Å². The molecule has 5 nitrogen and oxygen atoms in total. The van der Waals surface area contributed by atoms with Crippen molar-refractivity contribution in [3.8, 4) is 0 Å². The van der Waals surface area contributed by atoms with Gasteiger partial charge in [0.2, 0.25) is 0 Å². The number of methoxy groups -OCH3 is 1. The van der Waals surface area contributed by atoms with Gasteiger partial charge in [0.05, 0.1) is 18.6 Å². The minimum Gasteiger partial charge on any atom is -0.481 e. The molecule has 1 aliphatic heterocycles. The molecule has 1 aromatic rings. The van der Waals surface area contributed by atoms with Crippen molar-refractivity contribution >= 4 is 17.6 Å². The number of carbonyl (C=O) groups is 2. The van der Waals surface area contributed by atoms with Gasteiger partial charge in [-0.2, -0.15) is 0 Å². The Morgan fingerprint density at radius 2 is 2.16 bits per heavy atom. The number of nitrogens with zero attached hydrogens (tertiary/aromatic N) is 1. The van der Waals surface area contributed by atoms with Gasteiger partial charge in [-0.3, -0.25) is 4.79 Å². The van der Waals surface area contributed by atoms with E-state index < -0.39 is 5.97 Å². The standard InChI is InChI=1S/C14H17NO4/c1-9-12(13(16)17)6-7-15(9)11-5-3-4-10(8-11)14(18)19-2/h3-5,8-9,12H,6-7H2,1-2H3,(H,16,17). The second-order valence-corrected chi connectivity index (χ2v) is 4.71. The van der Waals surface area contributed by atoms with Gasteiger partial charge in [-0.25, -0.2) is 4.79 Å². The van der Waals surface area contributed by atoms with E-state index in [9.17, 15) is 9.59 Å². The lowest BCUT2D eigenvalue weighted by molar-refractivity contribution is -0.141. The number of carbonyl (C=O) groups excluding carboxylic acids is 1. The molecular formula is C14H17NO4. The molecule has 0 radical (unpaired) electrons. The third-order valence-electron chi connectivity index (χ3n) is 3.67. The molecule has 0 amide bonds. The largest absolute Gasteiger partial charge is 0.481 e. The third kappa shape index (κ3) is 2.54. The van der Waals surface area contributed by atoms with Crippen LogP contribution in [0.25, 0.3) is 0 Å². The molecule has 19 heavy (non-hydrogen) atoms. The van der Waals surface area contributed by atoms with E-state index in [0.29, 0.717) is 18.5 Å². The molecule has 1 aromatic carbocycles. The molecule has 1 saturated heterocycles. The molecule has 2 unspecified atom stereocenters. The highest BCUT2D eigenvalue weighted by atomic mass is 16.5. The summed E-state index contributed by atoms with van der Waals surface area (Å²) >= 11 is 0. The number of esters is 1. The third-order valence-corrected chi connectivity index (χ3v) is 3.67. The van der Waals surface area contributed by atoms with Gasteiger partial charge in [-0.05, 0) is 31.5 Å². The van der Waals surface area contributed by atoms with Crippen LogP contribution < -0.4 is 4.90 Å². The Morgan fingerprint density at radius 3 is 2.74 bits per heavy atom. The minimum atomic E-state index is -0.765. The second-order valence-electron chi connectivity index (χ2n) is 4.71. The maximum absolute atomic E-state index is 11.5. The van der Waals surface area contributed by atoms with Crippen LogP contribution in [0.4, 0.5) is 5.69 Å². The fourth-order valence-electron chi connectivity index (χ4n) is 2.56. The van der Waals surface area contributed by atoms with E-state index in [1.54, 1.807) is 18.2 Å². The first-order chi connectivity index (χ1) is 9.04. The summed E-state index contributed by atoms with van der Waals surface area (Å²) in [5.74, 6) is -1.51. The van der Waals surface area contributed by atoms with Gasteiger partial charge in [-0.1, -0.05) is 6.07 Å². The monoisotopic (exact) mass is 263 g/mol. The van der Waals surface area contributed by atoms with E-state index in [1.807, 2.05) is 17.9 Å². The normalized spacial score (nSPS) is 22.3. The number of rotatable bonds is 3. The first kappa shape index (κ1) is 13.4. The van der Waals surface area contributed by atoms with Crippen LogP contribution in [0.15, 0.2) is 24.3 Å². The number of hydrogen-bond donors (Lipinski definition) is 1. The lowest BCUT2D eigenvalue weighted by atomic mass is 10.0. The zero-order valence-corrected chi connectivity index (χ0v) is 11.0. The molecule has 1 heterocycles. The van der Waals surface area contributed by atoms with Gasteiger partial charge in [0.25, 0.3) is 0 Å². The quantitative estimate of drug-likeness (QED) is 0.842. The predicted octanol–water partition coefficient (Wildman–Crippen LogP) is 1.77. The Balaban J connectivity index is 2.23. The van der Waals surface area contributed by atoms with Crippen LogP contribution in [-0.2, 0) is 9.53 Å². The van der Waals surface area contributed by atoms with E-state index in [1.165, 1.54) is 7.11 Å². The zero-order chi connectivity index (χ0) is 14.0. The number of anilines is 1. The molecule has 2 rings (SSSR count). The summed E-state index contributed by atoms with van der Waals surface area (Å²) in [5, 5.41) is 9.13. The van der Waals surface area contributed by atoms with Crippen LogP contribution in [-0.4, -0.2) is 36.7 Å². The number of aliphatic carboxylic acids is 1. The Labute approximate surface area is 111 Å². The summed E-state index contributed by atoms with van der Waals surface area (Å²) in [6, 6.07) is 7.01. The molecule has 2 atom stereocenters. The van der Waals surface area contributed by atoms with Crippen molar-refractivity contribution < 1.29 is 19.4 Å². The van der Waals surface area contributed by atoms with Crippen LogP contribution in [0.5, 0.6) is 0 Å². The number of ether oxygens (including phenoxy) is 1. The molecule has 1 N–H and O–H groups in total. The molecule has 0 bridgehead atoms. The smallest absolute Gasteiger partial charge is 0.337 e. The molecular weight excluding hydrogens is 246 g/mol. The van der Waals surface area contributed by atoms with Crippen LogP contribution in [0.3, 0.4) is 0 Å². The summed E-state index contributed by atoms with van der Waals surface area (Å²) in [5.41, 5.74) is 1.34. The highest BCUT2D eigenvalue weighted by Crippen LogP contribution is 2.30. The average Bonchev–Trinajstić information content (AvgIpc) is 2.80. The summed E-state index contributed by atoms with van der Waals surface area (Å²) < 4.78 is 4.69. The van der Waals surface area contributed by atoms with E-state index in [-0.39, 0.29) is 17.9 Å². The van der Waals surface area contributed by atoms with Gasteiger partial charge in [0.1, 0.15) is 0 Å². The molecule has 1 fully saturated rings. The molecule has 5 heteroatoms. The van der Waals surface area contributed by atoms with Crippen molar-refractivity contribution in [3.05, 3.63) is 29.8 Å². The Bertz CT molecular complexity index is 500. The molecule has 0 saturated carbocycles. The number of hydrogen-bond acceptors (Lipinski definition) is 4. The average molecular weight is 263 g/mol. The first-order valence-electron chi connectivity index (χ1n) is 6.22. The Hall–Kier alpha value is -2.04. The van der Waals surface area contributed by atoms with Crippen molar-refractivity contribution in [2.45, 2.75) is 19.4 Å². The lowest BCUT2D eigenvalue weighted by Crippen LogP contribution is -2.32. The summed E-state index contributed by atoms with van der Waals surface area (Å²) in [6.45, 7) is 2.58. The minimum absolute atomic E-state index is 0.0783. The van der Waals surface area contributed by atoms with Crippen LogP contribution in [0.1, 0.15) is 23.7 Å². The van der Waals surface area contributed by atoms with Crippen molar-refractivity contribution in [2.75, 3.05) is 18.6 Å². The highest BCUT2D eigenvalue weighted by Gasteiger charge is 2.35. The van der Waals surface area contributed by atoms with Gasteiger partial charge in [0.15, 0.2) is 0 Å². The fraction of sp³-hybridized carbons (Fsp3) is 0.429. The summed E-state index contributed by atoms with van der Waals surface area (Å²) in [7, 11) is 1.34. The summed E-state index contributed by atoms with van der Waals surface area (Å²) in [4.78, 5) is 24.6. The SMILES string of the molecule is COC(=O)c1cccc(N2CCC(C(=O)O)C2C)c1. The molecule has 1 aliphatic rings. The van der Waals surface area contributed by atoms with E-state index >= 15 is 0 Å². The predicted molar refractivity (Wildman–Crippen MR) is 70.3 cm³/mol. The summed E-state index contributed by atoms with van der Waals surface area (Å²) in [6.07, 6.45) is 0.624. The number of carboxylic acids is 1. The van der Waals surface area contributed by atoms with Gasteiger partial charge < -0.3 is 14.7 Å². The number of carboxylic acid groups (broad SMARTS) is 1. The Kier molecular flexibility index (Phi) is 3.74. The van der Waals surface area contributed by atoms with Crippen molar-refractivity contribution in [2.24, 2.45) is 5.92 Å². The zero-order valence-electron chi connectivity index (χ0n) is 11.0. The van der Waals surface area contributed by atoms with Crippen molar-refractivity contribution in [1.29, 1.82) is 0 Å². The molecule has 0 aliphatic carbocycles. The lowest BCUT2D eigenvalue weighted by Gasteiger charge is -2.25. The van der Waals surface area contributed by atoms with Crippen LogP contribution >= 0.6 is 0 Å². The Morgan fingerprint density at radius 1 is 1.42 bits per heavy atom. The van der Waals surface area contributed by atoms with Gasteiger partial charge in [0, 0.05) is 18.3 Å². The maximum Gasteiger partial charge on any atom is 0.337 e. The van der Waals surface area contributed by atoms with E-state index in [0.717, 1.165) is 5.69 Å². The fourth-order valence-corrected chi connectivity index (χ4v) is 2.56. The van der Waals surface area contributed by atoms with Crippen LogP contribution in [0, 0.1) is 5.92 Å².